The average Bonchev–Trinajstić information content (AvgIpc) is 1.96. The summed E-state index contributed by atoms with van der Waals surface area (Å²) in [6.07, 6.45) is 4.15. The minimum Gasteiger partial charge on any atom is -0.310 e. The summed E-state index contributed by atoms with van der Waals surface area (Å²) in [5.41, 5.74) is 1.62. The van der Waals surface area contributed by atoms with E-state index in [1.54, 1.807) is 0 Å². The molecule has 14 heavy (non-hydrogen) atoms. The predicted octanol–water partition coefficient (Wildman–Crippen LogP) is 3.53. The molecule has 0 aromatic carbocycles. The SMILES string of the molecule is C=CCNC(CC(=C)C)CC(C)(C)C. The summed E-state index contributed by atoms with van der Waals surface area (Å²) in [4.78, 5) is 0. The summed E-state index contributed by atoms with van der Waals surface area (Å²) in [6.45, 7) is 17.5. The van der Waals surface area contributed by atoms with Crippen LogP contribution in [0.15, 0.2) is 24.8 Å². The van der Waals surface area contributed by atoms with E-state index in [1.165, 1.54) is 12.0 Å². The van der Waals surface area contributed by atoms with Gasteiger partial charge in [0.05, 0.1) is 0 Å². The first-order chi connectivity index (χ1) is 6.35. The van der Waals surface area contributed by atoms with Crippen LogP contribution in [-0.2, 0) is 0 Å². The third kappa shape index (κ3) is 8.06. The lowest BCUT2D eigenvalue weighted by Crippen LogP contribution is -2.33. The number of nitrogens with one attached hydrogen (secondary N) is 1. The van der Waals surface area contributed by atoms with E-state index in [2.05, 4.69) is 46.2 Å². The summed E-state index contributed by atoms with van der Waals surface area (Å²) >= 11 is 0. The van der Waals surface area contributed by atoms with Crippen LogP contribution >= 0.6 is 0 Å². The van der Waals surface area contributed by atoms with Gasteiger partial charge in [-0.05, 0) is 25.2 Å². The van der Waals surface area contributed by atoms with E-state index in [1.807, 2.05) is 6.08 Å². The lowest BCUT2D eigenvalue weighted by Gasteiger charge is -2.26. The van der Waals surface area contributed by atoms with Gasteiger partial charge in [-0.25, -0.2) is 0 Å². The first-order valence-electron chi connectivity index (χ1n) is 5.34. The second-order valence-electron chi connectivity index (χ2n) is 5.32. The standard InChI is InChI=1S/C13H25N/c1-7-8-14-12(9-11(2)3)10-13(4,5)6/h7,12,14H,1-2,8-10H2,3-6H3. The molecule has 0 heterocycles. The second kappa shape index (κ2) is 6.02. The van der Waals surface area contributed by atoms with E-state index in [9.17, 15) is 0 Å². The monoisotopic (exact) mass is 195 g/mol. The molecule has 0 saturated heterocycles. The van der Waals surface area contributed by atoms with Crippen LogP contribution in [0.5, 0.6) is 0 Å². The van der Waals surface area contributed by atoms with Crippen molar-refractivity contribution >= 4 is 0 Å². The Bertz CT molecular complexity index is 186. The van der Waals surface area contributed by atoms with Crippen molar-refractivity contribution in [3.05, 3.63) is 24.8 Å². The Morgan fingerprint density at radius 2 is 2.00 bits per heavy atom. The Labute approximate surface area is 89.3 Å². The normalized spacial score (nSPS) is 13.7. The van der Waals surface area contributed by atoms with Gasteiger partial charge in [-0.2, -0.15) is 0 Å². The Balaban J connectivity index is 4.09. The molecule has 0 aliphatic heterocycles. The van der Waals surface area contributed by atoms with Gasteiger partial charge in [0.15, 0.2) is 0 Å². The topological polar surface area (TPSA) is 12.0 Å². The van der Waals surface area contributed by atoms with Gasteiger partial charge in [-0.1, -0.05) is 32.4 Å². The zero-order valence-electron chi connectivity index (χ0n) is 10.2. The van der Waals surface area contributed by atoms with Gasteiger partial charge in [0.1, 0.15) is 0 Å². The van der Waals surface area contributed by atoms with Gasteiger partial charge >= 0.3 is 0 Å². The van der Waals surface area contributed by atoms with Crippen molar-refractivity contribution in [3.8, 4) is 0 Å². The van der Waals surface area contributed by atoms with Crippen molar-refractivity contribution < 1.29 is 0 Å². The first kappa shape index (κ1) is 13.4. The molecule has 1 atom stereocenters. The summed E-state index contributed by atoms with van der Waals surface area (Å²) in [7, 11) is 0. The van der Waals surface area contributed by atoms with Crippen LogP contribution in [0.4, 0.5) is 0 Å². The van der Waals surface area contributed by atoms with Gasteiger partial charge in [0.25, 0.3) is 0 Å². The molecule has 0 aromatic rings. The molecule has 1 nitrogen and oxygen atoms in total. The maximum absolute atomic E-state index is 3.97. The molecular weight excluding hydrogens is 170 g/mol. The molecule has 0 spiro atoms. The first-order valence-corrected chi connectivity index (χ1v) is 5.34. The van der Waals surface area contributed by atoms with Crippen LogP contribution in [0.1, 0.15) is 40.5 Å². The van der Waals surface area contributed by atoms with E-state index in [-0.39, 0.29) is 0 Å². The van der Waals surface area contributed by atoms with E-state index in [0.717, 1.165) is 13.0 Å². The fourth-order valence-corrected chi connectivity index (χ4v) is 1.63. The maximum Gasteiger partial charge on any atom is 0.0135 e. The number of hydrogen-bond donors (Lipinski definition) is 1. The minimum atomic E-state index is 0.369. The van der Waals surface area contributed by atoms with Crippen molar-refractivity contribution in [3.63, 3.8) is 0 Å². The molecule has 0 aromatic heterocycles. The fraction of sp³-hybridized carbons (Fsp3) is 0.692. The maximum atomic E-state index is 3.97. The van der Waals surface area contributed by atoms with Gasteiger partial charge in [-0.3, -0.25) is 0 Å². The highest BCUT2D eigenvalue weighted by atomic mass is 14.9. The number of rotatable bonds is 6. The van der Waals surface area contributed by atoms with Gasteiger partial charge < -0.3 is 5.32 Å². The van der Waals surface area contributed by atoms with Crippen LogP contribution in [0, 0.1) is 5.41 Å². The van der Waals surface area contributed by atoms with Crippen molar-refractivity contribution in [2.45, 2.75) is 46.6 Å². The minimum absolute atomic E-state index is 0.369. The lowest BCUT2D eigenvalue weighted by molar-refractivity contribution is 0.311. The van der Waals surface area contributed by atoms with E-state index < -0.39 is 0 Å². The predicted molar refractivity (Wildman–Crippen MR) is 65.5 cm³/mol. The summed E-state index contributed by atoms with van der Waals surface area (Å²) in [5, 5.41) is 3.48. The highest BCUT2D eigenvalue weighted by Gasteiger charge is 2.17. The van der Waals surface area contributed by atoms with Gasteiger partial charge in [-0.15, -0.1) is 13.2 Å². The summed E-state index contributed by atoms with van der Waals surface area (Å²) in [5.74, 6) is 0. The Hall–Kier alpha value is -0.560. The van der Waals surface area contributed by atoms with Crippen LogP contribution in [0.25, 0.3) is 0 Å². The molecule has 0 bridgehead atoms. The van der Waals surface area contributed by atoms with Crippen molar-refractivity contribution in [2.24, 2.45) is 5.41 Å². The Kier molecular flexibility index (Phi) is 5.78. The van der Waals surface area contributed by atoms with E-state index in [4.69, 9.17) is 0 Å². The molecule has 0 aliphatic rings. The smallest absolute Gasteiger partial charge is 0.0135 e. The lowest BCUT2D eigenvalue weighted by atomic mass is 9.86. The average molecular weight is 195 g/mol. The summed E-state index contributed by atoms with van der Waals surface area (Å²) < 4.78 is 0. The van der Waals surface area contributed by atoms with Crippen molar-refractivity contribution in [1.29, 1.82) is 0 Å². The molecule has 0 fully saturated rings. The molecule has 0 amide bonds. The Morgan fingerprint density at radius 1 is 1.43 bits per heavy atom. The molecule has 0 radical (unpaired) electrons. The van der Waals surface area contributed by atoms with E-state index >= 15 is 0 Å². The summed E-state index contributed by atoms with van der Waals surface area (Å²) in [6, 6.07) is 0.533. The van der Waals surface area contributed by atoms with Gasteiger partial charge in [0.2, 0.25) is 0 Å². The molecule has 0 saturated carbocycles. The highest BCUT2D eigenvalue weighted by molar-refractivity contribution is 4.94. The van der Waals surface area contributed by atoms with Crippen LogP contribution in [0.2, 0.25) is 0 Å². The molecule has 1 heteroatoms. The second-order valence-corrected chi connectivity index (χ2v) is 5.32. The van der Waals surface area contributed by atoms with Crippen molar-refractivity contribution in [2.75, 3.05) is 6.54 Å². The molecular formula is C13H25N. The third-order valence-electron chi connectivity index (χ3n) is 2.00. The third-order valence-corrected chi connectivity index (χ3v) is 2.00. The van der Waals surface area contributed by atoms with Crippen LogP contribution < -0.4 is 5.32 Å². The molecule has 1 N–H and O–H groups in total. The zero-order valence-corrected chi connectivity index (χ0v) is 10.2. The van der Waals surface area contributed by atoms with Crippen molar-refractivity contribution in [1.82, 2.24) is 5.32 Å². The Morgan fingerprint density at radius 3 is 2.36 bits per heavy atom. The van der Waals surface area contributed by atoms with Crippen LogP contribution in [0.3, 0.4) is 0 Å². The quantitative estimate of drug-likeness (QED) is 0.639. The molecule has 0 rings (SSSR count). The highest BCUT2D eigenvalue weighted by Crippen LogP contribution is 2.23. The largest absolute Gasteiger partial charge is 0.310 e. The molecule has 1 unspecified atom stereocenters. The van der Waals surface area contributed by atoms with Crippen LogP contribution in [-0.4, -0.2) is 12.6 Å². The van der Waals surface area contributed by atoms with E-state index in [0.29, 0.717) is 11.5 Å². The molecule has 0 aliphatic carbocycles. The van der Waals surface area contributed by atoms with Gasteiger partial charge in [0, 0.05) is 12.6 Å². The molecule has 82 valence electrons. The zero-order chi connectivity index (χ0) is 11.2. The fourth-order valence-electron chi connectivity index (χ4n) is 1.63. The number of hydrogen-bond acceptors (Lipinski definition) is 1.